The van der Waals surface area contributed by atoms with Crippen molar-refractivity contribution >= 4 is 16.5 Å². The molecule has 2 N–H and O–H groups in total. The molecule has 0 amide bonds. The summed E-state index contributed by atoms with van der Waals surface area (Å²) in [5, 5.41) is 15.5. The van der Waals surface area contributed by atoms with E-state index in [1.165, 1.54) is 32.4 Å². The minimum atomic E-state index is 0.237. The highest BCUT2D eigenvalue weighted by Crippen LogP contribution is 2.42. The third kappa shape index (κ3) is 5.36. The van der Waals surface area contributed by atoms with Crippen molar-refractivity contribution in [1.82, 2.24) is 4.90 Å². The lowest BCUT2D eigenvalue weighted by Gasteiger charge is -2.26. The van der Waals surface area contributed by atoms with Crippen LogP contribution in [0.1, 0.15) is 19.3 Å². The van der Waals surface area contributed by atoms with E-state index >= 15 is 0 Å². The molecule has 35 heavy (non-hydrogen) atoms. The van der Waals surface area contributed by atoms with Crippen LogP contribution in [0.5, 0.6) is 23.0 Å². The van der Waals surface area contributed by atoms with Crippen LogP contribution < -0.4 is 14.8 Å². The van der Waals surface area contributed by atoms with Gasteiger partial charge in [-0.1, -0.05) is 36.8 Å². The number of nitrogens with one attached hydrogen (secondary N) is 1. The Morgan fingerprint density at radius 3 is 2.49 bits per heavy atom. The molecule has 5 rings (SSSR count). The van der Waals surface area contributed by atoms with Gasteiger partial charge in [-0.3, -0.25) is 0 Å². The Balaban J connectivity index is 1.47. The van der Waals surface area contributed by atoms with Gasteiger partial charge in [-0.05, 0) is 85.4 Å². The molecule has 0 aliphatic carbocycles. The van der Waals surface area contributed by atoms with Crippen molar-refractivity contribution in [2.24, 2.45) is 0 Å². The van der Waals surface area contributed by atoms with Gasteiger partial charge in [-0.2, -0.15) is 0 Å². The number of hydrogen-bond acceptors (Lipinski definition) is 5. The summed E-state index contributed by atoms with van der Waals surface area (Å²) in [6.45, 7) is 4.27. The summed E-state index contributed by atoms with van der Waals surface area (Å²) in [5.41, 5.74) is 2.99. The molecule has 0 radical (unpaired) electrons. The van der Waals surface area contributed by atoms with Gasteiger partial charge in [0.1, 0.15) is 17.2 Å². The second-order valence-electron chi connectivity index (χ2n) is 9.00. The molecule has 4 aromatic rings. The number of para-hydroxylation sites is 2. The molecule has 5 nitrogen and oxygen atoms in total. The van der Waals surface area contributed by atoms with Crippen LogP contribution in [0.4, 0.5) is 5.69 Å². The number of rotatable bonds is 8. The summed E-state index contributed by atoms with van der Waals surface area (Å²) in [6, 6.07) is 25.5. The molecule has 0 bridgehead atoms. The van der Waals surface area contributed by atoms with Crippen LogP contribution in [0, 0.1) is 0 Å². The van der Waals surface area contributed by atoms with Crippen LogP contribution in [-0.4, -0.2) is 43.3 Å². The average molecular weight is 469 g/mol. The zero-order valence-electron chi connectivity index (χ0n) is 20.2. The van der Waals surface area contributed by atoms with Crippen LogP contribution in [0.15, 0.2) is 78.9 Å². The number of hydrogen-bond donors (Lipinski definition) is 2. The summed E-state index contributed by atoms with van der Waals surface area (Å²) in [4.78, 5) is 2.53. The Bertz CT molecular complexity index is 1280. The first-order chi connectivity index (χ1) is 17.2. The highest BCUT2D eigenvalue weighted by atomic mass is 16.5. The van der Waals surface area contributed by atoms with E-state index < -0.39 is 0 Å². The van der Waals surface area contributed by atoms with Crippen molar-refractivity contribution in [2.75, 3.05) is 38.6 Å². The molecule has 180 valence electrons. The van der Waals surface area contributed by atoms with Gasteiger partial charge in [0.15, 0.2) is 5.75 Å². The van der Waals surface area contributed by atoms with Crippen molar-refractivity contribution in [1.29, 1.82) is 0 Å². The number of likely N-dealkylation sites (tertiary alicyclic amines) is 1. The number of phenolic OH excluding ortho intramolecular Hbond substituents is 1. The maximum atomic E-state index is 10.0. The molecule has 4 aromatic carbocycles. The number of nitrogens with zero attached hydrogens (tertiary/aromatic N) is 1. The third-order valence-corrected chi connectivity index (χ3v) is 6.65. The largest absolute Gasteiger partial charge is 0.508 e. The van der Waals surface area contributed by atoms with Crippen molar-refractivity contribution in [3.05, 3.63) is 78.9 Å². The lowest BCUT2D eigenvalue weighted by Crippen LogP contribution is -2.33. The van der Waals surface area contributed by atoms with E-state index in [0.29, 0.717) is 0 Å². The minimum Gasteiger partial charge on any atom is -0.508 e. The monoisotopic (exact) mass is 468 g/mol. The summed E-state index contributed by atoms with van der Waals surface area (Å²) in [6.07, 6.45) is 3.94. The smallest absolute Gasteiger partial charge is 0.150 e. The van der Waals surface area contributed by atoms with E-state index in [9.17, 15) is 5.11 Å². The van der Waals surface area contributed by atoms with Gasteiger partial charge in [0, 0.05) is 24.0 Å². The zero-order chi connectivity index (χ0) is 24.0. The first-order valence-electron chi connectivity index (χ1n) is 12.3. The van der Waals surface area contributed by atoms with Gasteiger partial charge < -0.3 is 24.8 Å². The fraction of sp³-hybridized carbons (Fsp3) is 0.267. The fourth-order valence-corrected chi connectivity index (χ4v) is 4.74. The molecular formula is C30H32N2O3. The van der Waals surface area contributed by atoms with Crippen molar-refractivity contribution in [2.45, 2.75) is 19.3 Å². The predicted molar refractivity (Wildman–Crippen MR) is 143 cm³/mol. The molecule has 0 atom stereocenters. The van der Waals surface area contributed by atoms with Crippen LogP contribution >= 0.6 is 0 Å². The Labute approximate surface area is 206 Å². The van der Waals surface area contributed by atoms with E-state index in [1.807, 2.05) is 60.7 Å². The number of methoxy groups -OCH3 is 1. The van der Waals surface area contributed by atoms with E-state index in [2.05, 4.69) is 16.3 Å². The summed E-state index contributed by atoms with van der Waals surface area (Å²) in [5.74, 6) is 2.59. The van der Waals surface area contributed by atoms with Crippen LogP contribution in [-0.2, 0) is 0 Å². The summed E-state index contributed by atoms with van der Waals surface area (Å²) >= 11 is 0. The van der Waals surface area contributed by atoms with E-state index in [0.717, 1.165) is 57.9 Å². The van der Waals surface area contributed by atoms with Crippen LogP contribution in [0.25, 0.3) is 21.9 Å². The van der Waals surface area contributed by atoms with Gasteiger partial charge in [0.2, 0.25) is 0 Å². The average Bonchev–Trinajstić information content (AvgIpc) is 2.90. The number of piperidine rings is 1. The molecule has 1 fully saturated rings. The number of ether oxygens (including phenoxy) is 2. The number of anilines is 1. The Hall–Kier alpha value is -3.70. The van der Waals surface area contributed by atoms with Gasteiger partial charge in [0.25, 0.3) is 0 Å². The van der Waals surface area contributed by atoms with Gasteiger partial charge >= 0.3 is 0 Å². The molecule has 1 saturated heterocycles. The van der Waals surface area contributed by atoms with Gasteiger partial charge in [0.05, 0.1) is 12.8 Å². The molecule has 0 saturated carbocycles. The topological polar surface area (TPSA) is 54.0 Å². The van der Waals surface area contributed by atoms with Crippen molar-refractivity contribution in [3.63, 3.8) is 0 Å². The molecule has 1 heterocycles. The predicted octanol–water partition coefficient (Wildman–Crippen LogP) is 6.91. The second kappa shape index (κ2) is 10.7. The van der Waals surface area contributed by atoms with E-state index in [4.69, 9.17) is 9.47 Å². The van der Waals surface area contributed by atoms with Crippen LogP contribution in [0.2, 0.25) is 0 Å². The second-order valence-corrected chi connectivity index (χ2v) is 9.00. The van der Waals surface area contributed by atoms with E-state index in [-0.39, 0.29) is 5.75 Å². The molecule has 0 spiro atoms. The fourth-order valence-electron chi connectivity index (χ4n) is 4.74. The number of aromatic hydroxyl groups is 1. The van der Waals surface area contributed by atoms with Crippen LogP contribution in [0.3, 0.4) is 0 Å². The first kappa shape index (κ1) is 23.1. The van der Waals surface area contributed by atoms with Crippen molar-refractivity contribution < 1.29 is 14.6 Å². The maximum Gasteiger partial charge on any atom is 0.150 e. The third-order valence-electron chi connectivity index (χ3n) is 6.65. The first-order valence-corrected chi connectivity index (χ1v) is 12.3. The molecule has 1 aliphatic rings. The Morgan fingerprint density at radius 2 is 1.69 bits per heavy atom. The molecular weight excluding hydrogens is 436 g/mol. The Kier molecular flexibility index (Phi) is 7.05. The number of benzene rings is 4. The zero-order valence-corrected chi connectivity index (χ0v) is 20.2. The normalized spacial score (nSPS) is 14.1. The Morgan fingerprint density at radius 1 is 0.886 bits per heavy atom. The van der Waals surface area contributed by atoms with Crippen molar-refractivity contribution in [3.8, 4) is 34.1 Å². The van der Waals surface area contributed by atoms with Gasteiger partial charge in [-0.15, -0.1) is 0 Å². The SMILES string of the molecule is COc1ccc(-c2ccc3cc(O)ccc3c2Oc2ccccc2NCCN2CCCCC2)cc1. The highest BCUT2D eigenvalue weighted by Gasteiger charge is 2.15. The summed E-state index contributed by atoms with van der Waals surface area (Å²) in [7, 11) is 1.67. The molecule has 0 unspecified atom stereocenters. The lowest BCUT2D eigenvalue weighted by atomic mass is 9.99. The number of phenols is 1. The minimum absolute atomic E-state index is 0.237. The highest BCUT2D eigenvalue weighted by molar-refractivity contribution is 5.96. The molecule has 0 aromatic heterocycles. The van der Waals surface area contributed by atoms with Gasteiger partial charge in [-0.25, -0.2) is 0 Å². The lowest BCUT2D eigenvalue weighted by molar-refractivity contribution is 0.237. The molecule has 1 aliphatic heterocycles. The summed E-state index contributed by atoms with van der Waals surface area (Å²) < 4.78 is 12.0. The maximum absolute atomic E-state index is 10.0. The standard InChI is InChI=1S/C30H32N2O3/c1-34-25-13-9-22(10-14-25)26-15-11-23-21-24(33)12-16-27(23)30(26)35-29-8-4-3-7-28(29)31-17-20-32-18-5-2-6-19-32/h3-4,7-16,21,31,33H,2,5-6,17-20H2,1H3. The quantitative estimate of drug-likeness (QED) is 0.294. The molecule has 5 heteroatoms. The van der Waals surface area contributed by atoms with E-state index in [1.54, 1.807) is 19.2 Å². The number of fused-ring (bicyclic) bond motifs is 1.